The Labute approximate surface area is 105 Å². The lowest BCUT2D eigenvalue weighted by molar-refractivity contribution is -0.128. The Morgan fingerprint density at radius 3 is 2.56 bits per heavy atom. The van der Waals surface area contributed by atoms with Crippen LogP contribution in [-0.4, -0.2) is 72.0 Å². The minimum atomic E-state index is -3.22. The van der Waals surface area contributed by atoms with Gasteiger partial charge in [0.05, 0.1) is 30.2 Å². The number of nitrogens with zero attached hydrogens (tertiary/aromatic N) is 2. The molecule has 102 valence electrons. The summed E-state index contributed by atoms with van der Waals surface area (Å²) in [6.45, 7) is 1.44. The third kappa shape index (κ3) is 1.99. The topological polar surface area (TPSA) is 95.0 Å². The number of β-amino-alcohol motifs (C(OH)–C–C–N with tert-alkyl or cyclic N) is 1. The molecule has 2 heterocycles. The van der Waals surface area contributed by atoms with E-state index in [2.05, 4.69) is 0 Å². The summed E-state index contributed by atoms with van der Waals surface area (Å²) in [4.78, 5) is 26.1. The molecule has 2 atom stereocenters. The maximum absolute atomic E-state index is 12.0. The van der Waals surface area contributed by atoms with Gasteiger partial charge in [0, 0.05) is 13.0 Å². The van der Waals surface area contributed by atoms with Crippen LogP contribution in [0.25, 0.3) is 0 Å². The first-order chi connectivity index (χ1) is 8.41. The first-order valence-electron chi connectivity index (χ1n) is 5.85. The molecule has 2 saturated heterocycles. The van der Waals surface area contributed by atoms with Crippen molar-refractivity contribution in [1.29, 1.82) is 0 Å². The standard InChI is InChI=1S/C10H16N2O5S/c1-2-9(14)12-8-6-18(16,17)5-7(8)11(3-4-13)10(12)15/h7-8,13H,2-6H2,1H3/t7-,8+/m0/s1. The van der Waals surface area contributed by atoms with Crippen LogP contribution >= 0.6 is 0 Å². The van der Waals surface area contributed by atoms with Crippen molar-refractivity contribution in [3.63, 3.8) is 0 Å². The van der Waals surface area contributed by atoms with E-state index in [9.17, 15) is 18.0 Å². The zero-order valence-corrected chi connectivity index (χ0v) is 10.9. The van der Waals surface area contributed by atoms with Gasteiger partial charge >= 0.3 is 6.03 Å². The SMILES string of the molecule is CCC(=O)N1C(=O)N(CCO)[C@H]2CS(=O)(=O)C[C@H]21. The molecule has 2 fully saturated rings. The third-order valence-electron chi connectivity index (χ3n) is 3.39. The van der Waals surface area contributed by atoms with Crippen molar-refractivity contribution in [1.82, 2.24) is 9.80 Å². The highest BCUT2D eigenvalue weighted by atomic mass is 32.2. The van der Waals surface area contributed by atoms with E-state index in [1.54, 1.807) is 6.92 Å². The molecule has 0 saturated carbocycles. The summed E-state index contributed by atoms with van der Waals surface area (Å²) in [5.41, 5.74) is 0. The molecular weight excluding hydrogens is 260 g/mol. The van der Waals surface area contributed by atoms with Crippen LogP contribution in [-0.2, 0) is 14.6 Å². The van der Waals surface area contributed by atoms with Crippen LogP contribution in [0.4, 0.5) is 4.79 Å². The number of aliphatic hydroxyl groups excluding tert-OH is 1. The fourth-order valence-corrected chi connectivity index (χ4v) is 4.56. The van der Waals surface area contributed by atoms with E-state index in [0.717, 1.165) is 4.90 Å². The Morgan fingerprint density at radius 1 is 1.39 bits per heavy atom. The number of carbonyl (C=O) groups excluding carboxylic acids is 2. The van der Waals surface area contributed by atoms with Crippen LogP contribution in [0, 0.1) is 0 Å². The van der Waals surface area contributed by atoms with Crippen LogP contribution in [0.1, 0.15) is 13.3 Å². The van der Waals surface area contributed by atoms with E-state index >= 15 is 0 Å². The lowest BCUT2D eigenvalue weighted by Crippen LogP contribution is -2.42. The second kappa shape index (κ2) is 4.51. The lowest BCUT2D eigenvalue weighted by atomic mass is 10.1. The van der Waals surface area contributed by atoms with Gasteiger partial charge in [-0.05, 0) is 0 Å². The molecule has 18 heavy (non-hydrogen) atoms. The molecule has 0 bridgehead atoms. The molecule has 0 radical (unpaired) electrons. The highest BCUT2D eigenvalue weighted by molar-refractivity contribution is 7.91. The molecule has 3 amide bonds. The highest BCUT2D eigenvalue weighted by Gasteiger charge is 2.54. The monoisotopic (exact) mass is 276 g/mol. The van der Waals surface area contributed by atoms with E-state index in [1.165, 1.54) is 4.90 Å². The molecule has 0 spiro atoms. The zero-order chi connectivity index (χ0) is 13.5. The van der Waals surface area contributed by atoms with E-state index < -0.39 is 28.0 Å². The van der Waals surface area contributed by atoms with Gasteiger partial charge < -0.3 is 10.0 Å². The average Bonchev–Trinajstić information content (AvgIpc) is 2.71. The number of aliphatic hydroxyl groups is 1. The molecule has 8 heteroatoms. The van der Waals surface area contributed by atoms with Gasteiger partial charge in [-0.3, -0.25) is 9.69 Å². The number of rotatable bonds is 3. The minimum absolute atomic E-state index is 0.0585. The maximum atomic E-state index is 12.0. The predicted molar refractivity (Wildman–Crippen MR) is 62.6 cm³/mol. The summed E-state index contributed by atoms with van der Waals surface area (Å²) in [6.07, 6.45) is 0.155. The zero-order valence-electron chi connectivity index (χ0n) is 10.1. The number of sulfone groups is 1. The van der Waals surface area contributed by atoms with Crippen molar-refractivity contribution in [3.8, 4) is 0 Å². The molecule has 2 aliphatic heterocycles. The first-order valence-corrected chi connectivity index (χ1v) is 7.67. The maximum Gasteiger partial charge on any atom is 0.327 e. The smallest absolute Gasteiger partial charge is 0.327 e. The molecule has 0 aromatic carbocycles. The van der Waals surface area contributed by atoms with E-state index in [0.29, 0.717) is 0 Å². The van der Waals surface area contributed by atoms with Crippen LogP contribution in [0.15, 0.2) is 0 Å². The van der Waals surface area contributed by atoms with E-state index in [4.69, 9.17) is 5.11 Å². The number of imide groups is 1. The fraction of sp³-hybridized carbons (Fsp3) is 0.800. The van der Waals surface area contributed by atoms with E-state index in [-0.39, 0.29) is 37.0 Å². The molecule has 2 aliphatic rings. The number of hydrogen-bond donors (Lipinski definition) is 1. The molecule has 0 aromatic rings. The second-order valence-corrected chi connectivity index (χ2v) is 6.68. The Kier molecular flexibility index (Phi) is 3.33. The fourth-order valence-electron chi connectivity index (χ4n) is 2.61. The van der Waals surface area contributed by atoms with Gasteiger partial charge in [-0.15, -0.1) is 0 Å². The minimum Gasteiger partial charge on any atom is -0.395 e. The van der Waals surface area contributed by atoms with Crippen molar-refractivity contribution in [2.75, 3.05) is 24.7 Å². The molecule has 7 nitrogen and oxygen atoms in total. The largest absolute Gasteiger partial charge is 0.395 e. The quantitative estimate of drug-likeness (QED) is 0.655. The Bertz CT molecular complexity index is 475. The Morgan fingerprint density at radius 2 is 2.00 bits per heavy atom. The van der Waals surface area contributed by atoms with E-state index in [1.807, 2.05) is 0 Å². The van der Waals surface area contributed by atoms with Gasteiger partial charge in [-0.1, -0.05) is 6.92 Å². The first kappa shape index (κ1) is 13.3. The molecule has 0 aliphatic carbocycles. The molecular formula is C10H16N2O5S. The molecule has 0 aromatic heterocycles. The van der Waals surface area contributed by atoms with Crippen molar-refractivity contribution in [2.24, 2.45) is 0 Å². The number of hydrogen-bond acceptors (Lipinski definition) is 5. The van der Waals surface area contributed by atoms with Gasteiger partial charge in [-0.25, -0.2) is 13.2 Å². The normalized spacial score (nSPS) is 29.8. The van der Waals surface area contributed by atoms with Gasteiger partial charge in [0.25, 0.3) is 0 Å². The number of urea groups is 1. The predicted octanol–water partition coefficient (Wildman–Crippen LogP) is -1.18. The molecule has 1 N–H and O–H groups in total. The van der Waals surface area contributed by atoms with Gasteiger partial charge in [-0.2, -0.15) is 0 Å². The van der Waals surface area contributed by atoms with Crippen molar-refractivity contribution in [2.45, 2.75) is 25.4 Å². The van der Waals surface area contributed by atoms with Crippen LogP contribution in [0.2, 0.25) is 0 Å². The number of amides is 3. The summed E-state index contributed by atoms with van der Waals surface area (Å²) in [5.74, 6) is -0.666. The summed E-state index contributed by atoms with van der Waals surface area (Å²) in [5, 5.41) is 8.93. The molecule has 0 unspecified atom stereocenters. The second-order valence-electron chi connectivity index (χ2n) is 4.53. The van der Waals surface area contributed by atoms with Crippen molar-refractivity contribution < 1.29 is 23.1 Å². The van der Waals surface area contributed by atoms with Crippen LogP contribution < -0.4 is 0 Å². The number of fused-ring (bicyclic) bond motifs is 1. The van der Waals surface area contributed by atoms with Crippen molar-refractivity contribution in [3.05, 3.63) is 0 Å². The number of carbonyl (C=O) groups is 2. The van der Waals surface area contributed by atoms with Crippen LogP contribution in [0.3, 0.4) is 0 Å². The lowest BCUT2D eigenvalue weighted by Gasteiger charge is -2.20. The van der Waals surface area contributed by atoms with Crippen LogP contribution in [0.5, 0.6) is 0 Å². The Balaban J connectivity index is 2.33. The average molecular weight is 276 g/mol. The third-order valence-corrected chi connectivity index (χ3v) is 5.09. The summed E-state index contributed by atoms with van der Waals surface area (Å²) >= 11 is 0. The summed E-state index contributed by atoms with van der Waals surface area (Å²) < 4.78 is 23.2. The molecule has 2 rings (SSSR count). The summed E-state index contributed by atoms with van der Waals surface area (Å²) in [7, 11) is -3.22. The van der Waals surface area contributed by atoms with Gasteiger partial charge in [0.1, 0.15) is 0 Å². The highest BCUT2D eigenvalue weighted by Crippen LogP contribution is 2.31. The van der Waals surface area contributed by atoms with Gasteiger partial charge in [0.2, 0.25) is 5.91 Å². The van der Waals surface area contributed by atoms with Gasteiger partial charge in [0.15, 0.2) is 9.84 Å². The summed E-state index contributed by atoms with van der Waals surface area (Å²) in [6, 6.07) is -1.59. The van der Waals surface area contributed by atoms with Crippen molar-refractivity contribution >= 4 is 21.8 Å². The Hall–Kier alpha value is -1.15.